The van der Waals surface area contributed by atoms with Gasteiger partial charge in [0.15, 0.2) is 5.16 Å². The molecule has 0 fully saturated rings. The summed E-state index contributed by atoms with van der Waals surface area (Å²) < 4.78 is 2.22. The predicted octanol–water partition coefficient (Wildman–Crippen LogP) is 6.70. The van der Waals surface area contributed by atoms with E-state index in [-0.39, 0.29) is 5.91 Å². The van der Waals surface area contributed by atoms with Gasteiger partial charge in [0.1, 0.15) is 0 Å². The molecule has 1 N–H and O–H groups in total. The molecule has 2 heterocycles. The number of nitrogens with one attached hydrogen (secondary N) is 1. The summed E-state index contributed by atoms with van der Waals surface area (Å²) in [6.07, 6.45) is 11.9. The van der Waals surface area contributed by atoms with E-state index in [4.69, 9.17) is 4.98 Å². The normalized spacial score (nSPS) is 13.5. The van der Waals surface area contributed by atoms with Crippen LogP contribution in [-0.2, 0) is 12.3 Å². The minimum absolute atomic E-state index is 0.00959. The maximum Gasteiger partial charge on any atom is 0.251 e. The minimum atomic E-state index is -0.00959. The van der Waals surface area contributed by atoms with E-state index in [2.05, 4.69) is 52.1 Å². The summed E-state index contributed by atoms with van der Waals surface area (Å²) in [5.74, 6) is 0.846. The van der Waals surface area contributed by atoms with E-state index in [1.54, 1.807) is 18.0 Å². The van der Waals surface area contributed by atoms with Crippen molar-refractivity contribution in [3.05, 3.63) is 101 Å². The van der Waals surface area contributed by atoms with Gasteiger partial charge in [-0.3, -0.25) is 9.78 Å². The molecule has 0 aliphatic heterocycles. The van der Waals surface area contributed by atoms with Crippen LogP contribution < -0.4 is 5.32 Å². The molecule has 6 heteroatoms. The second-order valence-corrected chi connectivity index (χ2v) is 10.4. The summed E-state index contributed by atoms with van der Waals surface area (Å²) in [5.41, 5.74) is 7.81. The first-order valence-corrected chi connectivity index (χ1v) is 13.7. The van der Waals surface area contributed by atoms with Gasteiger partial charge in [0, 0.05) is 24.1 Å². The van der Waals surface area contributed by atoms with E-state index in [0.717, 1.165) is 33.9 Å². The molecule has 0 saturated heterocycles. The third kappa shape index (κ3) is 6.05. The molecule has 0 unspecified atom stereocenters. The van der Waals surface area contributed by atoms with Gasteiger partial charge in [-0.15, -0.1) is 0 Å². The molecule has 2 aromatic heterocycles. The van der Waals surface area contributed by atoms with E-state index < -0.39 is 0 Å². The van der Waals surface area contributed by atoms with Crippen LogP contribution in [0.3, 0.4) is 0 Å². The minimum Gasteiger partial charge on any atom is -0.352 e. The number of carbonyl (C=O) groups excluding carboxylic acids is 1. The van der Waals surface area contributed by atoms with Crippen molar-refractivity contribution in [1.29, 1.82) is 0 Å². The second kappa shape index (κ2) is 11.6. The summed E-state index contributed by atoms with van der Waals surface area (Å²) in [6.45, 7) is 3.49. The van der Waals surface area contributed by atoms with Crippen molar-refractivity contribution in [2.75, 3.05) is 6.54 Å². The molecule has 184 valence electrons. The molecule has 2 aromatic carbocycles. The van der Waals surface area contributed by atoms with Crippen LogP contribution in [0.15, 0.2) is 83.8 Å². The fourth-order valence-electron chi connectivity index (χ4n) is 4.68. The quantitative estimate of drug-likeness (QED) is 0.207. The van der Waals surface area contributed by atoms with Crippen LogP contribution in [0.5, 0.6) is 0 Å². The monoisotopic (exact) mass is 496 g/mol. The highest BCUT2D eigenvalue weighted by molar-refractivity contribution is 7.98. The van der Waals surface area contributed by atoms with Gasteiger partial charge in [-0.1, -0.05) is 65.4 Å². The van der Waals surface area contributed by atoms with Crippen LogP contribution in [0, 0.1) is 6.92 Å². The fourth-order valence-corrected chi connectivity index (χ4v) is 5.63. The third-order valence-electron chi connectivity index (χ3n) is 6.64. The Bertz CT molecular complexity index is 1370. The number of carbonyl (C=O) groups is 1. The smallest absolute Gasteiger partial charge is 0.251 e. The molecule has 36 heavy (non-hydrogen) atoms. The number of amides is 1. The number of aromatic nitrogens is 3. The molecule has 0 spiro atoms. The largest absolute Gasteiger partial charge is 0.352 e. The summed E-state index contributed by atoms with van der Waals surface area (Å²) in [4.78, 5) is 21.8. The highest BCUT2D eigenvalue weighted by Gasteiger charge is 2.13. The molecule has 1 aliphatic carbocycles. The van der Waals surface area contributed by atoms with Crippen LogP contribution in [0.1, 0.15) is 59.2 Å². The molecule has 1 aliphatic rings. The maximum atomic E-state index is 12.6. The van der Waals surface area contributed by atoms with Crippen molar-refractivity contribution in [1.82, 2.24) is 19.9 Å². The number of pyridine rings is 1. The first kappa shape index (κ1) is 24.3. The standard InChI is InChI=1S/C30H32N4OS/c1-22-6-5-9-25(18-22)21-36-30-33-27-15-16-31-19-28(27)34(30)20-24-10-12-26(13-11-24)29(35)32-17-14-23-7-3-2-4-8-23/h5-7,9-13,15-16,18-19H,2-4,8,14,17,20-21H2,1H3,(H,32,35). The summed E-state index contributed by atoms with van der Waals surface area (Å²) in [7, 11) is 0. The lowest BCUT2D eigenvalue weighted by atomic mass is 9.97. The lowest BCUT2D eigenvalue weighted by Gasteiger charge is -2.13. The van der Waals surface area contributed by atoms with Gasteiger partial charge in [0.05, 0.1) is 23.8 Å². The molecular formula is C30H32N4OS. The van der Waals surface area contributed by atoms with E-state index >= 15 is 0 Å². The zero-order valence-corrected chi connectivity index (χ0v) is 21.6. The zero-order chi connectivity index (χ0) is 24.7. The number of imidazole rings is 1. The Morgan fingerprint density at radius 3 is 2.78 bits per heavy atom. The van der Waals surface area contributed by atoms with Gasteiger partial charge in [-0.05, 0) is 68.4 Å². The fraction of sp³-hybridized carbons (Fsp3) is 0.300. The predicted molar refractivity (Wildman–Crippen MR) is 147 cm³/mol. The number of thioether (sulfide) groups is 1. The number of benzene rings is 2. The Kier molecular flexibility index (Phi) is 7.82. The van der Waals surface area contributed by atoms with Crippen molar-refractivity contribution < 1.29 is 4.79 Å². The number of fused-ring (bicyclic) bond motifs is 1. The zero-order valence-electron chi connectivity index (χ0n) is 20.7. The topological polar surface area (TPSA) is 59.8 Å². The lowest BCUT2D eigenvalue weighted by Crippen LogP contribution is -2.24. The summed E-state index contributed by atoms with van der Waals surface area (Å²) in [6, 6.07) is 18.5. The van der Waals surface area contributed by atoms with Crippen molar-refractivity contribution in [3.63, 3.8) is 0 Å². The highest BCUT2D eigenvalue weighted by Crippen LogP contribution is 2.28. The van der Waals surface area contributed by atoms with Gasteiger partial charge < -0.3 is 9.88 Å². The second-order valence-electron chi connectivity index (χ2n) is 9.43. The van der Waals surface area contributed by atoms with Gasteiger partial charge >= 0.3 is 0 Å². The Labute approximate surface area is 217 Å². The van der Waals surface area contributed by atoms with Gasteiger partial charge in [-0.2, -0.15) is 0 Å². The van der Waals surface area contributed by atoms with Crippen LogP contribution >= 0.6 is 11.8 Å². The van der Waals surface area contributed by atoms with Gasteiger partial charge in [0.25, 0.3) is 5.91 Å². The SMILES string of the molecule is Cc1cccc(CSc2nc3ccncc3n2Cc2ccc(C(=O)NCCC3=CCCCC3)cc2)c1. The van der Waals surface area contributed by atoms with Crippen molar-refractivity contribution in [2.24, 2.45) is 0 Å². The molecular weight excluding hydrogens is 464 g/mol. The molecule has 4 aromatic rings. The van der Waals surface area contributed by atoms with Gasteiger partial charge in [-0.25, -0.2) is 4.98 Å². The Morgan fingerprint density at radius 2 is 1.97 bits per heavy atom. The van der Waals surface area contributed by atoms with E-state index in [0.29, 0.717) is 18.7 Å². The van der Waals surface area contributed by atoms with E-state index in [1.807, 2.05) is 36.5 Å². The molecule has 0 saturated carbocycles. The van der Waals surface area contributed by atoms with Crippen molar-refractivity contribution >= 4 is 28.7 Å². The van der Waals surface area contributed by atoms with Crippen LogP contribution in [0.25, 0.3) is 11.0 Å². The van der Waals surface area contributed by atoms with Gasteiger partial charge in [0.2, 0.25) is 0 Å². The van der Waals surface area contributed by atoms with Crippen LogP contribution in [0.2, 0.25) is 0 Å². The summed E-state index contributed by atoms with van der Waals surface area (Å²) >= 11 is 1.74. The molecule has 0 atom stereocenters. The molecule has 0 radical (unpaired) electrons. The third-order valence-corrected chi connectivity index (χ3v) is 7.69. The number of hydrogen-bond donors (Lipinski definition) is 1. The summed E-state index contributed by atoms with van der Waals surface area (Å²) in [5, 5.41) is 4.04. The van der Waals surface area contributed by atoms with E-state index in [1.165, 1.54) is 42.4 Å². The van der Waals surface area contributed by atoms with Crippen LogP contribution in [0.4, 0.5) is 0 Å². The highest BCUT2D eigenvalue weighted by atomic mass is 32.2. The maximum absolute atomic E-state index is 12.6. The molecule has 0 bridgehead atoms. The first-order valence-electron chi connectivity index (χ1n) is 12.7. The average molecular weight is 497 g/mol. The number of allylic oxidation sites excluding steroid dienone is 1. The van der Waals surface area contributed by atoms with Crippen LogP contribution in [-0.4, -0.2) is 27.0 Å². The Balaban J connectivity index is 1.26. The molecule has 1 amide bonds. The molecule has 5 rings (SSSR count). The number of nitrogens with zero attached hydrogens (tertiary/aromatic N) is 3. The number of hydrogen-bond acceptors (Lipinski definition) is 4. The van der Waals surface area contributed by atoms with E-state index in [9.17, 15) is 4.79 Å². The average Bonchev–Trinajstić information content (AvgIpc) is 3.25. The van der Waals surface area contributed by atoms with Crippen molar-refractivity contribution in [3.8, 4) is 0 Å². The Hall–Kier alpha value is -3.38. The lowest BCUT2D eigenvalue weighted by molar-refractivity contribution is 0.0954. The number of aryl methyl sites for hydroxylation is 1. The van der Waals surface area contributed by atoms with Crippen molar-refractivity contribution in [2.45, 2.75) is 56.5 Å². The first-order chi connectivity index (χ1) is 17.7. The Morgan fingerprint density at radius 1 is 1.08 bits per heavy atom. The number of rotatable bonds is 9. The molecule has 5 nitrogen and oxygen atoms in total.